The summed E-state index contributed by atoms with van der Waals surface area (Å²) in [5.74, 6) is 1.89. The monoisotopic (exact) mass is 449 g/mol. The predicted octanol–water partition coefficient (Wildman–Crippen LogP) is 3.65. The summed E-state index contributed by atoms with van der Waals surface area (Å²) in [7, 11) is 0. The third-order valence-electron chi connectivity index (χ3n) is 5.40. The molecule has 0 radical (unpaired) electrons. The molecule has 1 saturated carbocycles. The Hall–Kier alpha value is -3.33. The van der Waals surface area contributed by atoms with Crippen LogP contribution in [0.2, 0.25) is 0 Å². The summed E-state index contributed by atoms with van der Waals surface area (Å²) < 4.78 is 7.67. The van der Waals surface area contributed by atoms with Crippen LogP contribution in [-0.4, -0.2) is 38.4 Å². The van der Waals surface area contributed by atoms with Crippen LogP contribution in [0.15, 0.2) is 53.7 Å². The van der Waals surface area contributed by atoms with E-state index in [1.165, 1.54) is 17.3 Å². The Morgan fingerprint density at radius 2 is 2.03 bits per heavy atom. The number of hydrogen-bond acceptors (Lipinski definition) is 6. The Balaban J connectivity index is 1.25. The molecule has 32 heavy (non-hydrogen) atoms. The van der Waals surface area contributed by atoms with Gasteiger partial charge in [-0.2, -0.15) is 0 Å². The van der Waals surface area contributed by atoms with Crippen LogP contribution >= 0.6 is 11.8 Å². The molecule has 2 heterocycles. The van der Waals surface area contributed by atoms with Gasteiger partial charge in [0, 0.05) is 11.6 Å². The molecular weight excluding hydrogens is 426 g/mol. The van der Waals surface area contributed by atoms with Gasteiger partial charge in [0.2, 0.25) is 5.91 Å². The molecule has 164 valence electrons. The van der Waals surface area contributed by atoms with E-state index in [0.717, 1.165) is 23.8 Å². The molecule has 3 aromatic rings. The third-order valence-corrected chi connectivity index (χ3v) is 6.36. The number of ether oxygens (including phenoxy) is 1. The highest BCUT2D eigenvalue weighted by atomic mass is 32.2. The molecule has 2 amide bonds. The Bertz CT molecular complexity index is 1160. The van der Waals surface area contributed by atoms with Gasteiger partial charge in [0.05, 0.1) is 18.0 Å². The van der Waals surface area contributed by atoms with Gasteiger partial charge in [-0.3, -0.25) is 9.59 Å². The molecule has 1 fully saturated rings. The second-order valence-electron chi connectivity index (χ2n) is 7.98. The zero-order valence-corrected chi connectivity index (χ0v) is 18.4. The van der Waals surface area contributed by atoms with E-state index in [2.05, 4.69) is 37.5 Å². The Morgan fingerprint density at radius 1 is 1.22 bits per heavy atom. The minimum atomic E-state index is -0.534. The van der Waals surface area contributed by atoms with E-state index in [4.69, 9.17) is 4.74 Å². The van der Waals surface area contributed by atoms with Crippen LogP contribution in [0.1, 0.15) is 37.1 Å². The number of carbonyl (C=O) groups is 2. The molecule has 1 atom stereocenters. The third kappa shape index (κ3) is 4.47. The maximum atomic E-state index is 12.6. The number of amides is 2. The average molecular weight is 450 g/mol. The first-order valence-corrected chi connectivity index (χ1v) is 11.6. The molecule has 9 heteroatoms. The van der Waals surface area contributed by atoms with Crippen molar-refractivity contribution in [3.05, 3.63) is 59.9 Å². The van der Waals surface area contributed by atoms with Gasteiger partial charge in [0.1, 0.15) is 11.6 Å². The maximum absolute atomic E-state index is 12.6. The number of rotatable bonds is 7. The summed E-state index contributed by atoms with van der Waals surface area (Å²) in [6, 6.07) is 15.4. The van der Waals surface area contributed by atoms with Crippen molar-refractivity contribution in [3.8, 4) is 5.75 Å². The standard InChI is InChI=1S/C23H23N5O3S/c1-14-22(30)25-18-11-17(9-10-19(18)31-14)24-20(29)13-32-23-27-26-21(16-7-8-16)28(23)12-15-5-3-2-4-6-15/h2-6,9-11,14,16H,7-8,12-13H2,1H3,(H,24,29)(H,25,30)/t14-/m1/s1. The predicted molar refractivity (Wildman–Crippen MR) is 122 cm³/mol. The van der Waals surface area contributed by atoms with Crippen molar-refractivity contribution in [1.29, 1.82) is 0 Å². The Labute approximate surface area is 189 Å². The van der Waals surface area contributed by atoms with Gasteiger partial charge in [0.15, 0.2) is 11.3 Å². The van der Waals surface area contributed by atoms with Crippen molar-refractivity contribution < 1.29 is 14.3 Å². The number of hydrogen-bond donors (Lipinski definition) is 2. The molecule has 0 spiro atoms. The summed E-state index contributed by atoms with van der Waals surface area (Å²) in [5.41, 5.74) is 2.32. The smallest absolute Gasteiger partial charge is 0.265 e. The lowest BCUT2D eigenvalue weighted by molar-refractivity contribution is -0.122. The Kier molecular flexibility index (Phi) is 5.57. The number of nitrogens with zero attached hydrogens (tertiary/aromatic N) is 3. The average Bonchev–Trinajstić information content (AvgIpc) is 3.55. The number of nitrogens with one attached hydrogen (secondary N) is 2. The molecule has 0 bridgehead atoms. The van der Waals surface area contributed by atoms with Crippen molar-refractivity contribution in [2.75, 3.05) is 16.4 Å². The number of anilines is 2. The lowest BCUT2D eigenvalue weighted by Gasteiger charge is -2.23. The van der Waals surface area contributed by atoms with Crippen LogP contribution in [0, 0.1) is 0 Å². The van der Waals surface area contributed by atoms with Gasteiger partial charge in [-0.05, 0) is 43.5 Å². The second kappa shape index (κ2) is 8.66. The largest absolute Gasteiger partial charge is 0.479 e. The quantitative estimate of drug-likeness (QED) is 0.534. The summed E-state index contributed by atoms with van der Waals surface area (Å²) in [5, 5.41) is 15.2. The second-order valence-corrected chi connectivity index (χ2v) is 8.93. The van der Waals surface area contributed by atoms with Crippen LogP contribution < -0.4 is 15.4 Å². The SMILES string of the molecule is C[C@H]1Oc2ccc(NC(=O)CSc3nnc(C4CC4)n3Cc3ccccc3)cc2NC1=O. The summed E-state index contributed by atoms with van der Waals surface area (Å²) in [6.07, 6.45) is 1.73. The highest BCUT2D eigenvalue weighted by Gasteiger charge is 2.30. The molecule has 2 N–H and O–H groups in total. The minimum absolute atomic E-state index is 0.159. The zero-order valence-electron chi connectivity index (χ0n) is 17.6. The van der Waals surface area contributed by atoms with Crippen LogP contribution in [0.4, 0.5) is 11.4 Å². The fourth-order valence-electron chi connectivity index (χ4n) is 3.58. The molecule has 1 aliphatic carbocycles. The molecule has 1 aliphatic heterocycles. The fraction of sp³-hybridized carbons (Fsp3) is 0.304. The maximum Gasteiger partial charge on any atom is 0.265 e. The number of benzene rings is 2. The van der Waals surface area contributed by atoms with Crippen molar-refractivity contribution in [1.82, 2.24) is 14.8 Å². The van der Waals surface area contributed by atoms with E-state index in [1.54, 1.807) is 25.1 Å². The van der Waals surface area contributed by atoms with Gasteiger partial charge in [-0.25, -0.2) is 0 Å². The number of aromatic nitrogens is 3. The van der Waals surface area contributed by atoms with E-state index >= 15 is 0 Å². The molecule has 8 nitrogen and oxygen atoms in total. The van der Waals surface area contributed by atoms with Crippen LogP contribution in [-0.2, 0) is 16.1 Å². The minimum Gasteiger partial charge on any atom is -0.479 e. The van der Waals surface area contributed by atoms with Gasteiger partial charge in [0.25, 0.3) is 5.91 Å². The van der Waals surface area contributed by atoms with Crippen LogP contribution in [0.3, 0.4) is 0 Å². The molecular formula is C23H23N5O3S. The first kappa shape index (κ1) is 20.6. The summed E-state index contributed by atoms with van der Waals surface area (Å²) in [6.45, 7) is 2.38. The van der Waals surface area contributed by atoms with Gasteiger partial charge < -0.3 is 19.9 Å². The number of fused-ring (bicyclic) bond motifs is 1. The normalized spacial score (nSPS) is 17.3. The van der Waals surface area contributed by atoms with E-state index in [0.29, 0.717) is 29.6 Å². The van der Waals surface area contributed by atoms with Crippen molar-refractivity contribution >= 4 is 35.0 Å². The van der Waals surface area contributed by atoms with Crippen LogP contribution in [0.5, 0.6) is 5.75 Å². The number of thioether (sulfide) groups is 1. The molecule has 2 aliphatic rings. The molecule has 5 rings (SSSR count). The zero-order chi connectivity index (χ0) is 22.1. The molecule has 1 aromatic heterocycles. The van der Waals surface area contributed by atoms with Gasteiger partial charge in [-0.15, -0.1) is 10.2 Å². The molecule has 0 unspecified atom stereocenters. The Morgan fingerprint density at radius 3 is 2.81 bits per heavy atom. The lowest BCUT2D eigenvalue weighted by Crippen LogP contribution is -2.34. The van der Waals surface area contributed by atoms with E-state index in [-0.39, 0.29) is 17.6 Å². The van der Waals surface area contributed by atoms with Crippen LogP contribution in [0.25, 0.3) is 0 Å². The summed E-state index contributed by atoms with van der Waals surface area (Å²) >= 11 is 1.37. The fourth-order valence-corrected chi connectivity index (χ4v) is 4.32. The first-order chi connectivity index (χ1) is 15.6. The summed E-state index contributed by atoms with van der Waals surface area (Å²) in [4.78, 5) is 24.4. The van der Waals surface area contributed by atoms with Gasteiger partial charge in [-0.1, -0.05) is 42.1 Å². The van der Waals surface area contributed by atoms with E-state index in [1.807, 2.05) is 18.2 Å². The van der Waals surface area contributed by atoms with Crippen molar-refractivity contribution in [2.24, 2.45) is 0 Å². The topological polar surface area (TPSA) is 98.1 Å². The van der Waals surface area contributed by atoms with Crippen molar-refractivity contribution in [3.63, 3.8) is 0 Å². The van der Waals surface area contributed by atoms with Crippen molar-refractivity contribution in [2.45, 2.75) is 43.5 Å². The first-order valence-electron chi connectivity index (χ1n) is 10.6. The van der Waals surface area contributed by atoms with E-state index < -0.39 is 6.10 Å². The lowest BCUT2D eigenvalue weighted by atomic mass is 10.2. The highest BCUT2D eigenvalue weighted by Crippen LogP contribution is 2.40. The molecule has 0 saturated heterocycles. The highest BCUT2D eigenvalue weighted by molar-refractivity contribution is 7.99. The van der Waals surface area contributed by atoms with Gasteiger partial charge >= 0.3 is 0 Å². The van der Waals surface area contributed by atoms with E-state index in [9.17, 15) is 9.59 Å². The molecule has 2 aromatic carbocycles. The number of carbonyl (C=O) groups excluding carboxylic acids is 2.